The van der Waals surface area contributed by atoms with E-state index in [1.165, 1.54) is 25.8 Å². The van der Waals surface area contributed by atoms with Gasteiger partial charge < -0.3 is 14.9 Å². The lowest BCUT2D eigenvalue weighted by molar-refractivity contribution is 0.102. The van der Waals surface area contributed by atoms with E-state index in [2.05, 4.69) is 21.8 Å². The van der Waals surface area contributed by atoms with Crippen molar-refractivity contribution < 1.29 is 5.11 Å². The minimum absolute atomic E-state index is 0.421. The average Bonchev–Trinajstić information content (AvgIpc) is 2.47. The molecule has 1 aromatic heterocycles. The summed E-state index contributed by atoms with van der Waals surface area (Å²) in [5.74, 6) is 1.79. The highest BCUT2D eigenvalue weighted by molar-refractivity contribution is 5.42. The van der Waals surface area contributed by atoms with Gasteiger partial charge in [0, 0.05) is 25.3 Å². The highest BCUT2D eigenvalue weighted by atomic mass is 16.3. The number of aromatic nitrogens is 1. The van der Waals surface area contributed by atoms with Crippen LogP contribution in [0.2, 0.25) is 0 Å². The van der Waals surface area contributed by atoms with Crippen LogP contribution in [0.25, 0.3) is 0 Å². The molecule has 4 nitrogen and oxygen atoms in total. The monoisotopic (exact) mass is 275 g/mol. The molecular weight excluding hydrogens is 250 g/mol. The van der Waals surface area contributed by atoms with E-state index < -0.39 is 6.10 Å². The maximum atomic E-state index is 9.72. The van der Waals surface area contributed by atoms with Gasteiger partial charge in [0.1, 0.15) is 5.82 Å². The van der Waals surface area contributed by atoms with Crippen LogP contribution in [0.4, 0.5) is 5.82 Å². The second-order valence-corrected chi connectivity index (χ2v) is 6.31. The van der Waals surface area contributed by atoms with Gasteiger partial charge >= 0.3 is 0 Å². The summed E-state index contributed by atoms with van der Waals surface area (Å²) in [5.41, 5.74) is 0.956. The molecule has 1 N–H and O–H groups in total. The Morgan fingerprint density at radius 2 is 2.20 bits per heavy atom. The largest absolute Gasteiger partial charge is 0.389 e. The van der Waals surface area contributed by atoms with Crippen molar-refractivity contribution in [3.8, 4) is 0 Å². The Balaban J connectivity index is 1.74. The zero-order valence-electron chi connectivity index (χ0n) is 12.5. The van der Waals surface area contributed by atoms with Crippen LogP contribution in [-0.2, 0) is 0 Å². The van der Waals surface area contributed by atoms with Crippen LogP contribution in [0.5, 0.6) is 0 Å². The van der Waals surface area contributed by atoms with Crippen LogP contribution in [-0.4, -0.2) is 47.7 Å². The predicted molar refractivity (Wildman–Crippen MR) is 80.8 cm³/mol. The lowest BCUT2D eigenvalue weighted by Crippen LogP contribution is -2.52. The molecule has 2 aliphatic rings. The molecule has 3 unspecified atom stereocenters. The van der Waals surface area contributed by atoms with Crippen molar-refractivity contribution in [1.29, 1.82) is 0 Å². The van der Waals surface area contributed by atoms with E-state index in [4.69, 9.17) is 0 Å². The highest BCUT2D eigenvalue weighted by Crippen LogP contribution is 2.31. The third-order valence-electron chi connectivity index (χ3n) is 4.92. The Kier molecular flexibility index (Phi) is 3.94. The van der Waals surface area contributed by atoms with Crippen molar-refractivity contribution in [2.75, 3.05) is 31.6 Å². The van der Waals surface area contributed by atoms with Gasteiger partial charge in [-0.2, -0.15) is 0 Å². The van der Waals surface area contributed by atoms with Gasteiger partial charge in [0.25, 0.3) is 0 Å². The zero-order chi connectivity index (χ0) is 14.1. The number of hydrogen-bond donors (Lipinski definition) is 1. The number of anilines is 1. The van der Waals surface area contributed by atoms with E-state index in [0.717, 1.165) is 36.4 Å². The summed E-state index contributed by atoms with van der Waals surface area (Å²) in [7, 11) is 2.26. The maximum Gasteiger partial charge on any atom is 0.128 e. The molecule has 2 saturated heterocycles. The van der Waals surface area contributed by atoms with Gasteiger partial charge in [0.05, 0.1) is 6.10 Å². The summed E-state index contributed by atoms with van der Waals surface area (Å²) in [6, 6.07) is 4.69. The SMILES string of the molecule is CC(O)c1ccnc(N2CCC3C(CCCN3C)C2)c1. The predicted octanol–water partition coefficient (Wildman–Crippen LogP) is 2.06. The number of nitrogens with zero attached hydrogens (tertiary/aromatic N) is 3. The molecular formula is C16H25N3O. The summed E-state index contributed by atoms with van der Waals surface area (Å²) in [5, 5.41) is 9.72. The molecule has 3 rings (SSSR count). The maximum absolute atomic E-state index is 9.72. The molecule has 0 spiro atoms. The molecule has 1 aromatic rings. The van der Waals surface area contributed by atoms with E-state index in [1.54, 1.807) is 6.92 Å². The van der Waals surface area contributed by atoms with Crippen molar-refractivity contribution in [3.05, 3.63) is 23.9 Å². The average molecular weight is 275 g/mol. The zero-order valence-corrected chi connectivity index (χ0v) is 12.5. The summed E-state index contributed by atoms with van der Waals surface area (Å²) in [6.45, 7) is 5.23. The van der Waals surface area contributed by atoms with Gasteiger partial charge in [0.2, 0.25) is 0 Å². The standard InChI is InChI=1S/C16H25N3O/c1-12(20)13-5-7-17-16(10-13)19-9-6-15-14(11-19)4-3-8-18(15)2/h5,7,10,12,14-15,20H,3-4,6,8-9,11H2,1-2H3. The molecule has 0 bridgehead atoms. The number of pyridine rings is 1. The van der Waals surface area contributed by atoms with E-state index in [1.807, 2.05) is 18.3 Å². The molecule has 3 heterocycles. The van der Waals surface area contributed by atoms with Gasteiger partial charge in [-0.15, -0.1) is 0 Å². The number of piperidine rings is 2. The van der Waals surface area contributed by atoms with Crippen LogP contribution in [0, 0.1) is 5.92 Å². The molecule has 4 heteroatoms. The molecule has 0 aromatic carbocycles. The molecule has 2 aliphatic heterocycles. The molecule has 0 radical (unpaired) electrons. The lowest BCUT2D eigenvalue weighted by Gasteiger charge is -2.46. The second kappa shape index (κ2) is 5.70. The molecule has 0 amide bonds. The van der Waals surface area contributed by atoms with E-state index in [9.17, 15) is 5.11 Å². The number of likely N-dealkylation sites (tertiary alicyclic amines) is 1. The number of rotatable bonds is 2. The Morgan fingerprint density at radius 1 is 1.35 bits per heavy atom. The van der Waals surface area contributed by atoms with E-state index in [-0.39, 0.29) is 0 Å². The minimum atomic E-state index is -0.421. The van der Waals surface area contributed by atoms with Crippen LogP contribution < -0.4 is 4.90 Å². The van der Waals surface area contributed by atoms with E-state index >= 15 is 0 Å². The Morgan fingerprint density at radius 3 is 3.00 bits per heavy atom. The van der Waals surface area contributed by atoms with Crippen LogP contribution in [0.3, 0.4) is 0 Å². The van der Waals surface area contributed by atoms with Crippen LogP contribution in [0.15, 0.2) is 18.3 Å². The molecule has 2 fully saturated rings. The first kappa shape index (κ1) is 13.8. The summed E-state index contributed by atoms with van der Waals surface area (Å²) in [6.07, 6.45) is 5.27. The van der Waals surface area contributed by atoms with Crippen molar-refractivity contribution in [1.82, 2.24) is 9.88 Å². The first-order chi connectivity index (χ1) is 9.65. The highest BCUT2D eigenvalue weighted by Gasteiger charge is 2.34. The van der Waals surface area contributed by atoms with Gasteiger partial charge in [-0.05, 0) is 63.4 Å². The third-order valence-corrected chi connectivity index (χ3v) is 4.92. The van der Waals surface area contributed by atoms with Crippen molar-refractivity contribution in [2.45, 2.75) is 38.3 Å². The quantitative estimate of drug-likeness (QED) is 0.897. The Labute approximate surface area is 121 Å². The minimum Gasteiger partial charge on any atom is -0.389 e. The number of aliphatic hydroxyl groups excluding tert-OH is 1. The smallest absolute Gasteiger partial charge is 0.128 e. The fourth-order valence-electron chi connectivity index (χ4n) is 3.73. The lowest BCUT2D eigenvalue weighted by atomic mass is 9.84. The Bertz CT molecular complexity index is 463. The number of hydrogen-bond acceptors (Lipinski definition) is 4. The van der Waals surface area contributed by atoms with Gasteiger partial charge in [0.15, 0.2) is 0 Å². The summed E-state index contributed by atoms with van der Waals surface area (Å²) < 4.78 is 0. The van der Waals surface area contributed by atoms with Crippen LogP contribution >= 0.6 is 0 Å². The normalized spacial score (nSPS) is 29.1. The van der Waals surface area contributed by atoms with Crippen molar-refractivity contribution in [3.63, 3.8) is 0 Å². The third kappa shape index (κ3) is 2.67. The van der Waals surface area contributed by atoms with Gasteiger partial charge in [-0.3, -0.25) is 0 Å². The molecule has 20 heavy (non-hydrogen) atoms. The van der Waals surface area contributed by atoms with Gasteiger partial charge in [-0.1, -0.05) is 0 Å². The number of aliphatic hydroxyl groups is 1. The van der Waals surface area contributed by atoms with Crippen molar-refractivity contribution in [2.24, 2.45) is 5.92 Å². The molecule has 3 atom stereocenters. The Hall–Kier alpha value is -1.13. The number of fused-ring (bicyclic) bond motifs is 1. The summed E-state index contributed by atoms with van der Waals surface area (Å²) >= 11 is 0. The van der Waals surface area contributed by atoms with Crippen LogP contribution in [0.1, 0.15) is 37.9 Å². The fourth-order valence-corrected chi connectivity index (χ4v) is 3.73. The van der Waals surface area contributed by atoms with Gasteiger partial charge in [-0.25, -0.2) is 4.98 Å². The fraction of sp³-hybridized carbons (Fsp3) is 0.688. The molecule has 110 valence electrons. The summed E-state index contributed by atoms with van der Waals surface area (Å²) in [4.78, 5) is 9.43. The molecule has 0 saturated carbocycles. The first-order valence-corrected chi connectivity index (χ1v) is 7.74. The topological polar surface area (TPSA) is 39.6 Å². The van der Waals surface area contributed by atoms with E-state index in [0.29, 0.717) is 0 Å². The second-order valence-electron chi connectivity index (χ2n) is 6.31. The molecule has 0 aliphatic carbocycles. The first-order valence-electron chi connectivity index (χ1n) is 7.74. The van der Waals surface area contributed by atoms with Crippen molar-refractivity contribution >= 4 is 5.82 Å².